The van der Waals surface area contributed by atoms with E-state index in [2.05, 4.69) is 36.5 Å². The maximum absolute atomic E-state index is 12.2. The Morgan fingerprint density at radius 1 is 1.39 bits per heavy atom. The van der Waals surface area contributed by atoms with Gasteiger partial charge < -0.3 is 11.1 Å². The van der Waals surface area contributed by atoms with Crippen LogP contribution in [0.25, 0.3) is 0 Å². The van der Waals surface area contributed by atoms with Crippen molar-refractivity contribution in [2.75, 3.05) is 6.54 Å². The molecule has 1 fully saturated rings. The highest BCUT2D eigenvalue weighted by Crippen LogP contribution is 2.24. The molecule has 1 aliphatic rings. The largest absolute Gasteiger partial charge is 0.353 e. The number of aryl methyl sites for hydroxylation is 1. The normalized spacial score (nSPS) is 16.3. The van der Waals surface area contributed by atoms with Crippen LogP contribution in [0, 0.1) is 0 Å². The second kappa shape index (κ2) is 6.01. The first-order valence-electron chi connectivity index (χ1n) is 6.84. The number of rotatable bonds is 6. The van der Waals surface area contributed by atoms with E-state index in [-0.39, 0.29) is 11.8 Å². The Morgan fingerprint density at radius 3 is 2.56 bits per heavy atom. The van der Waals surface area contributed by atoms with E-state index in [1.54, 1.807) is 0 Å². The monoisotopic (exact) mass is 246 g/mol. The average molecular weight is 246 g/mol. The number of amides is 1. The van der Waals surface area contributed by atoms with Crippen molar-refractivity contribution in [2.45, 2.75) is 44.6 Å². The summed E-state index contributed by atoms with van der Waals surface area (Å²) in [6.07, 6.45) is 3.98. The van der Waals surface area contributed by atoms with Crippen molar-refractivity contribution in [1.82, 2.24) is 5.32 Å². The van der Waals surface area contributed by atoms with Crippen molar-refractivity contribution >= 4 is 5.91 Å². The molecule has 2 rings (SSSR count). The Balaban J connectivity index is 2.08. The molecule has 18 heavy (non-hydrogen) atoms. The Bertz CT molecular complexity index is 395. The topological polar surface area (TPSA) is 55.1 Å². The summed E-state index contributed by atoms with van der Waals surface area (Å²) in [6.45, 7) is 2.67. The third kappa shape index (κ3) is 3.33. The van der Waals surface area contributed by atoms with Gasteiger partial charge in [-0.3, -0.25) is 4.79 Å². The van der Waals surface area contributed by atoms with Crippen LogP contribution in [-0.2, 0) is 11.2 Å². The Morgan fingerprint density at radius 2 is 2.06 bits per heavy atom. The van der Waals surface area contributed by atoms with E-state index in [0.717, 1.165) is 24.8 Å². The number of hydrogen-bond donors (Lipinski definition) is 2. The SMILES string of the molecule is CCc1ccc(C(CCN)C(=O)NC2CC2)cc1. The van der Waals surface area contributed by atoms with Gasteiger partial charge in [0.2, 0.25) is 5.91 Å². The zero-order valence-electron chi connectivity index (χ0n) is 11.0. The fourth-order valence-corrected chi connectivity index (χ4v) is 2.13. The quantitative estimate of drug-likeness (QED) is 0.806. The smallest absolute Gasteiger partial charge is 0.227 e. The fourth-order valence-electron chi connectivity index (χ4n) is 2.13. The summed E-state index contributed by atoms with van der Waals surface area (Å²) in [5.41, 5.74) is 8.01. The molecule has 0 heterocycles. The van der Waals surface area contributed by atoms with Gasteiger partial charge in [-0.25, -0.2) is 0 Å². The standard InChI is InChI=1S/C15H22N2O/c1-2-11-3-5-12(6-4-11)14(9-10-16)15(18)17-13-7-8-13/h3-6,13-14H,2,7-10,16H2,1H3,(H,17,18). The van der Waals surface area contributed by atoms with Gasteiger partial charge in [-0.1, -0.05) is 31.2 Å². The van der Waals surface area contributed by atoms with E-state index in [4.69, 9.17) is 5.73 Å². The molecule has 1 atom stereocenters. The van der Waals surface area contributed by atoms with Gasteiger partial charge in [-0.2, -0.15) is 0 Å². The first-order valence-corrected chi connectivity index (χ1v) is 6.84. The number of benzene rings is 1. The van der Waals surface area contributed by atoms with E-state index in [0.29, 0.717) is 19.0 Å². The van der Waals surface area contributed by atoms with Crippen LogP contribution in [-0.4, -0.2) is 18.5 Å². The van der Waals surface area contributed by atoms with Crippen LogP contribution in [0.1, 0.15) is 43.2 Å². The third-order valence-electron chi connectivity index (χ3n) is 3.49. The molecule has 3 nitrogen and oxygen atoms in total. The van der Waals surface area contributed by atoms with Crippen molar-refractivity contribution in [2.24, 2.45) is 5.73 Å². The maximum atomic E-state index is 12.2. The minimum absolute atomic E-state index is 0.0958. The van der Waals surface area contributed by atoms with Crippen LogP contribution in [0.2, 0.25) is 0 Å². The molecule has 98 valence electrons. The van der Waals surface area contributed by atoms with Crippen LogP contribution in [0.15, 0.2) is 24.3 Å². The second-order valence-electron chi connectivity index (χ2n) is 5.01. The Kier molecular flexibility index (Phi) is 4.37. The van der Waals surface area contributed by atoms with Gasteiger partial charge in [0.1, 0.15) is 0 Å². The predicted molar refractivity (Wildman–Crippen MR) is 73.4 cm³/mol. The van der Waals surface area contributed by atoms with Crippen molar-refractivity contribution < 1.29 is 4.79 Å². The molecule has 1 aromatic carbocycles. The van der Waals surface area contributed by atoms with E-state index < -0.39 is 0 Å². The molecule has 0 aromatic heterocycles. The van der Waals surface area contributed by atoms with Gasteiger partial charge in [0.25, 0.3) is 0 Å². The molecular formula is C15H22N2O. The van der Waals surface area contributed by atoms with Gasteiger partial charge in [0.05, 0.1) is 5.92 Å². The summed E-state index contributed by atoms with van der Waals surface area (Å²) in [6, 6.07) is 8.73. The highest BCUT2D eigenvalue weighted by atomic mass is 16.2. The predicted octanol–water partition coefficient (Wildman–Crippen LogP) is 1.96. The average Bonchev–Trinajstić information content (AvgIpc) is 3.20. The number of carbonyl (C=O) groups is 1. The summed E-state index contributed by atoms with van der Waals surface area (Å²) < 4.78 is 0. The van der Waals surface area contributed by atoms with Crippen molar-refractivity contribution in [1.29, 1.82) is 0 Å². The van der Waals surface area contributed by atoms with Crippen LogP contribution >= 0.6 is 0 Å². The summed E-state index contributed by atoms with van der Waals surface area (Å²) in [7, 11) is 0. The van der Waals surface area contributed by atoms with Crippen LogP contribution in [0.5, 0.6) is 0 Å². The van der Waals surface area contributed by atoms with Crippen molar-refractivity contribution in [3.63, 3.8) is 0 Å². The summed E-state index contributed by atoms with van der Waals surface area (Å²) >= 11 is 0. The molecule has 1 aliphatic carbocycles. The number of carbonyl (C=O) groups excluding carboxylic acids is 1. The molecule has 1 amide bonds. The molecule has 1 aromatic rings. The molecule has 0 bridgehead atoms. The van der Waals surface area contributed by atoms with Gasteiger partial charge >= 0.3 is 0 Å². The molecule has 3 N–H and O–H groups in total. The molecule has 1 saturated carbocycles. The minimum atomic E-state index is -0.0958. The molecule has 1 unspecified atom stereocenters. The zero-order chi connectivity index (χ0) is 13.0. The number of nitrogens with one attached hydrogen (secondary N) is 1. The summed E-state index contributed by atoms with van der Waals surface area (Å²) in [4.78, 5) is 12.2. The lowest BCUT2D eigenvalue weighted by Crippen LogP contribution is -2.32. The van der Waals surface area contributed by atoms with Gasteiger partial charge in [0.15, 0.2) is 0 Å². The summed E-state index contributed by atoms with van der Waals surface area (Å²) in [5, 5.41) is 3.07. The van der Waals surface area contributed by atoms with E-state index in [1.165, 1.54) is 5.56 Å². The van der Waals surface area contributed by atoms with E-state index in [1.807, 2.05) is 0 Å². The van der Waals surface area contributed by atoms with Gasteiger partial charge in [0, 0.05) is 6.04 Å². The number of nitrogens with two attached hydrogens (primary N) is 1. The minimum Gasteiger partial charge on any atom is -0.353 e. The summed E-state index contributed by atoms with van der Waals surface area (Å²) in [5.74, 6) is 0.0358. The molecule has 0 radical (unpaired) electrons. The van der Waals surface area contributed by atoms with Gasteiger partial charge in [-0.15, -0.1) is 0 Å². The third-order valence-corrected chi connectivity index (χ3v) is 3.49. The Labute approximate surface area is 109 Å². The zero-order valence-corrected chi connectivity index (χ0v) is 11.0. The molecule has 0 saturated heterocycles. The van der Waals surface area contributed by atoms with E-state index in [9.17, 15) is 4.79 Å². The Hall–Kier alpha value is -1.35. The van der Waals surface area contributed by atoms with Crippen LogP contribution in [0.3, 0.4) is 0 Å². The molecular weight excluding hydrogens is 224 g/mol. The van der Waals surface area contributed by atoms with Crippen LogP contribution in [0.4, 0.5) is 0 Å². The lowest BCUT2D eigenvalue weighted by Gasteiger charge is -2.16. The number of hydrogen-bond acceptors (Lipinski definition) is 2. The van der Waals surface area contributed by atoms with E-state index >= 15 is 0 Å². The van der Waals surface area contributed by atoms with Crippen LogP contribution < -0.4 is 11.1 Å². The lowest BCUT2D eigenvalue weighted by atomic mass is 9.93. The lowest BCUT2D eigenvalue weighted by molar-refractivity contribution is -0.122. The van der Waals surface area contributed by atoms with Crippen molar-refractivity contribution in [3.8, 4) is 0 Å². The highest BCUT2D eigenvalue weighted by Gasteiger charge is 2.27. The maximum Gasteiger partial charge on any atom is 0.227 e. The molecule has 0 aliphatic heterocycles. The molecule has 0 spiro atoms. The molecule has 3 heteroatoms. The fraction of sp³-hybridized carbons (Fsp3) is 0.533. The van der Waals surface area contributed by atoms with Crippen molar-refractivity contribution in [3.05, 3.63) is 35.4 Å². The van der Waals surface area contributed by atoms with Gasteiger partial charge in [-0.05, 0) is 43.4 Å². The second-order valence-corrected chi connectivity index (χ2v) is 5.01. The first-order chi connectivity index (χ1) is 8.74. The highest BCUT2D eigenvalue weighted by molar-refractivity contribution is 5.84. The first kappa shape index (κ1) is 13.1.